The number of hydrogen-bond acceptors (Lipinski definition) is 6. The van der Waals surface area contributed by atoms with Gasteiger partial charge < -0.3 is 15.0 Å². The van der Waals surface area contributed by atoms with Crippen LogP contribution in [0.1, 0.15) is 64.2 Å². The van der Waals surface area contributed by atoms with Gasteiger partial charge in [-0.1, -0.05) is 32.1 Å². The fourth-order valence-electron chi connectivity index (χ4n) is 6.02. The first kappa shape index (κ1) is 24.8. The van der Waals surface area contributed by atoms with Gasteiger partial charge in [-0.3, -0.25) is 14.5 Å². The van der Waals surface area contributed by atoms with Gasteiger partial charge in [0.15, 0.2) is 0 Å². The number of nitriles is 1. The molecule has 0 aromatic heterocycles. The molecular formula is C25H40N4O3S. The Kier molecular flexibility index (Phi) is 8.95. The second kappa shape index (κ2) is 11.9. The van der Waals surface area contributed by atoms with Crippen LogP contribution >= 0.6 is 11.8 Å². The predicted molar refractivity (Wildman–Crippen MR) is 130 cm³/mol. The topological polar surface area (TPSA) is 85.7 Å². The summed E-state index contributed by atoms with van der Waals surface area (Å²) in [5, 5.41) is 13.3. The molecule has 8 heteroatoms. The second-order valence-electron chi connectivity index (χ2n) is 10.4. The highest BCUT2D eigenvalue weighted by Crippen LogP contribution is 2.33. The van der Waals surface area contributed by atoms with Crippen molar-refractivity contribution in [3.63, 3.8) is 0 Å². The van der Waals surface area contributed by atoms with Crippen molar-refractivity contribution in [3.05, 3.63) is 0 Å². The number of morpholine rings is 1. The average Bonchev–Trinajstić information content (AvgIpc) is 3.30. The Bertz CT molecular complexity index is 711. The molecule has 0 bridgehead atoms. The zero-order valence-corrected chi connectivity index (χ0v) is 20.8. The zero-order valence-electron chi connectivity index (χ0n) is 19.9. The first-order chi connectivity index (χ1) is 16.1. The normalized spacial score (nSPS) is 28.9. The lowest BCUT2D eigenvalue weighted by Gasteiger charge is -2.33. The Morgan fingerprint density at radius 2 is 1.82 bits per heavy atom. The van der Waals surface area contributed by atoms with Gasteiger partial charge in [0, 0.05) is 44.6 Å². The molecule has 4 fully saturated rings. The second-order valence-corrected chi connectivity index (χ2v) is 11.6. The van der Waals surface area contributed by atoms with Crippen LogP contribution in [-0.2, 0) is 14.3 Å². The summed E-state index contributed by atoms with van der Waals surface area (Å²) in [5.74, 6) is 2.47. The molecule has 3 heterocycles. The minimum Gasteiger partial charge on any atom is -0.378 e. The highest BCUT2D eigenvalue weighted by molar-refractivity contribution is 7.99. The Balaban J connectivity index is 1.40. The molecule has 3 saturated heterocycles. The molecule has 1 N–H and O–H groups in total. The standard InChI is InChI=1S/C25H40N4O3S/c26-18-25(8-9-29(19-25)22-6-14-33-15-7-22)27-24(31)21(16-20-4-2-1-3-5-20)17-23(30)28-10-12-32-13-11-28/h20-22H,1-17,19H2,(H,27,31). The van der Waals surface area contributed by atoms with E-state index in [0.717, 1.165) is 25.8 Å². The van der Waals surface area contributed by atoms with Crippen molar-refractivity contribution in [2.45, 2.75) is 75.8 Å². The molecule has 7 nitrogen and oxygen atoms in total. The first-order valence-corrected chi connectivity index (χ1v) is 14.1. The van der Waals surface area contributed by atoms with Gasteiger partial charge in [0.25, 0.3) is 0 Å². The lowest BCUT2D eigenvalue weighted by atomic mass is 9.81. The summed E-state index contributed by atoms with van der Waals surface area (Å²) in [6.07, 6.45) is 10.00. The third-order valence-corrected chi connectivity index (χ3v) is 9.13. The summed E-state index contributed by atoms with van der Waals surface area (Å²) >= 11 is 2.01. The monoisotopic (exact) mass is 476 g/mol. The Morgan fingerprint density at radius 1 is 1.09 bits per heavy atom. The van der Waals surface area contributed by atoms with E-state index in [1.807, 2.05) is 16.7 Å². The zero-order chi connectivity index (χ0) is 23.1. The summed E-state index contributed by atoms with van der Waals surface area (Å²) in [4.78, 5) is 30.8. The quantitative estimate of drug-likeness (QED) is 0.608. The van der Waals surface area contributed by atoms with Crippen LogP contribution in [-0.4, -0.2) is 84.1 Å². The number of rotatable bonds is 7. The van der Waals surface area contributed by atoms with Gasteiger partial charge in [0.2, 0.25) is 11.8 Å². The smallest absolute Gasteiger partial charge is 0.224 e. The Labute approximate surface area is 202 Å². The highest BCUT2D eigenvalue weighted by atomic mass is 32.2. The number of thioether (sulfide) groups is 1. The van der Waals surface area contributed by atoms with E-state index in [1.54, 1.807) is 0 Å². The molecule has 184 valence electrons. The number of amides is 2. The number of carbonyl (C=O) groups is 2. The van der Waals surface area contributed by atoms with Crippen molar-refractivity contribution >= 4 is 23.6 Å². The van der Waals surface area contributed by atoms with Crippen molar-refractivity contribution < 1.29 is 14.3 Å². The van der Waals surface area contributed by atoms with E-state index in [4.69, 9.17) is 4.74 Å². The number of carbonyl (C=O) groups excluding carboxylic acids is 2. The molecule has 1 aliphatic carbocycles. The molecule has 2 amide bonds. The van der Waals surface area contributed by atoms with Gasteiger partial charge in [-0.2, -0.15) is 17.0 Å². The van der Waals surface area contributed by atoms with Gasteiger partial charge in [0.1, 0.15) is 5.54 Å². The Morgan fingerprint density at radius 3 is 2.52 bits per heavy atom. The molecule has 0 aromatic rings. The fourth-order valence-corrected chi connectivity index (χ4v) is 7.10. The van der Waals surface area contributed by atoms with Crippen LogP contribution < -0.4 is 5.32 Å². The van der Waals surface area contributed by atoms with Gasteiger partial charge in [-0.05, 0) is 43.1 Å². The molecule has 0 spiro atoms. The fraction of sp³-hybridized carbons (Fsp3) is 0.880. The van der Waals surface area contributed by atoms with Gasteiger partial charge in [-0.25, -0.2) is 0 Å². The summed E-state index contributed by atoms with van der Waals surface area (Å²) in [7, 11) is 0. The van der Waals surface area contributed by atoms with Crippen LogP contribution in [0.25, 0.3) is 0 Å². The summed E-state index contributed by atoms with van der Waals surface area (Å²) in [6, 6.07) is 2.99. The summed E-state index contributed by atoms with van der Waals surface area (Å²) < 4.78 is 5.39. The largest absolute Gasteiger partial charge is 0.378 e. The van der Waals surface area contributed by atoms with Crippen LogP contribution in [0.4, 0.5) is 0 Å². The van der Waals surface area contributed by atoms with E-state index in [-0.39, 0.29) is 24.2 Å². The van der Waals surface area contributed by atoms with Crippen LogP contribution in [0.2, 0.25) is 0 Å². The van der Waals surface area contributed by atoms with E-state index in [9.17, 15) is 14.9 Å². The Hall–Kier alpha value is -1.30. The minimum atomic E-state index is -0.825. The van der Waals surface area contributed by atoms with Crippen molar-refractivity contribution in [1.82, 2.24) is 15.1 Å². The maximum absolute atomic E-state index is 13.6. The van der Waals surface area contributed by atoms with Crippen molar-refractivity contribution in [1.29, 1.82) is 5.26 Å². The molecule has 4 rings (SSSR count). The first-order valence-electron chi connectivity index (χ1n) is 13.0. The lowest BCUT2D eigenvalue weighted by molar-refractivity contribution is -0.140. The van der Waals surface area contributed by atoms with Gasteiger partial charge in [0.05, 0.1) is 19.3 Å². The summed E-state index contributed by atoms with van der Waals surface area (Å²) in [6.45, 7) is 3.82. The van der Waals surface area contributed by atoms with Crippen LogP contribution in [0, 0.1) is 23.2 Å². The number of nitrogens with one attached hydrogen (secondary N) is 1. The molecule has 0 radical (unpaired) electrons. The maximum Gasteiger partial charge on any atom is 0.224 e. The van der Waals surface area contributed by atoms with Gasteiger partial charge in [-0.15, -0.1) is 0 Å². The third-order valence-electron chi connectivity index (χ3n) is 8.08. The molecule has 0 aromatic carbocycles. The molecule has 1 saturated carbocycles. The van der Waals surface area contributed by atoms with Gasteiger partial charge >= 0.3 is 0 Å². The predicted octanol–water partition coefficient (Wildman–Crippen LogP) is 2.80. The van der Waals surface area contributed by atoms with Crippen LogP contribution in [0.15, 0.2) is 0 Å². The number of ether oxygens (including phenoxy) is 1. The third kappa shape index (κ3) is 6.64. The average molecular weight is 477 g/mol. The number of hydrogen-bond donors (Lipinski definition) is 1. The minimum absolute atomic E-state index is 0.0491. The highest BCUT2D eigenvalue weighted by Gasteiger charge is 2.43. The van der Waals surface area contributed by atoms with Crippen molar-refractivity contribution in [3.8, 4) is 6.07 Å². The van der Waals surface area contributed by atoms with Crippen molar-refractivity contribution in [2.24, 2.45) is 11.8 Å². The van der Waals surface area contributed by atoms with Crippen LogP contribution in [0.3, 0.4) is 0 Å². The molecule has 3 aliphatic heterocycles. The lowest BCUT2D eigenvalue weighted by Crippen LogP contribution is -2.53. The van der Waals surface area contributed by atoms with E-state index in [0.29, 0.717) is 51.2 Å². The molecule has 2 atom stereocenters. The number of nitrogens with zero attached hydrogens (tertiary/aromatic N) is 3. The van der Waals surface area contributed by atoms with E-state index in [2.05, 4.69) is 16.3 Å². The van der Waals surface area contributed by atoms with Crippen molar-refractivity contribution in [2.75, 3.05) is 50.9 Å². The number of likely N-dealkylation sites (tertiary alicyclic amines) is 1. The molecule has 33 heavy (non-hydrogen) atoms. The van der Waals surface area contributed by atoms with Crippen LogP contribution in [0.5, 0.6) is 0 Å². The SMILES string of the molecule is N#CC1(NC(=O)C(CC(=O)N2CCOCC2)CC2CCCCC2)CCN(C2CCSCC2)C1. The van der Waals surface area contributed by atoms with E-state index in [1.165, 1.54) is 43.6 Å². The van der Waals surface area contributed by atoms with E-state index < -0.39 is 5.54 Å². The van der Waals surface area contributed by atoms with E-state index >= 15 is 0 Å². The summed E-state index contributed by atoms with van der Waals surface area (Å²) in [5.41, 5.74) is -0.825. The maximum atomic E-state index is 13.6. The molecule has 4 aliphatic rings. The molecular weight excluding hydrogens is 436 g/mol. The molecule has 2 unspecified atom stereocenters.